The van der Waals surface area contributed by atoms with Gasteiger partial charge in [0.2, 0.25) is 0 Å². The topological polar surface area (TPSA) is 29.5 Å². The number of hydrogen-bond donors (Lipinski definition) is 0. The first kappa shape index (κ1) is 15.4. The Morgan fingerprint density at radius 2 is 2.25 bits per heavy atom. The van der Waals surface area contributed by atoms with Crippen molar-refractivity contribution in [3.8, 4) is 0 Å². The van der Waals surface area contributed by atoms with Gasteiger partial charge in [0, 0.05) is 18.7 Å². The lowest BCUT2D eigenvalue weighted by atomic mass is 9.97. The monoisotopic (exact) mass is 347 g/mol. The van der Waals surface area contributed by atoms with Crippen LogP contribution in [0.15, 0.2) is 16.6 Å². The van der Waals surface area contributed by atoms with Crippen LogP contribution in [0.4, 0.5) is 8.78 Å². The molecule has 20 heavy (non-hydrogen) atoms. The maximum Gasteiger partial charge on any atom is 0.309 e. The van der Waals surface area contributed by atoms with Crippen LogP contribution in [0.1, 0.15) is 18.4 Å². The minimum absolute atomic E-state index is 0.0323. The van der Waals surface area contributed by atoms with Gasteiger partial charge in [-0.25, -0.2) is 8.78 Å². The van der Waals surface area contributed by atoms with Crippen molar-refractivity contribution < 1.29 is 18.3 Å². The largest absolute Gasteiger partial charge is 0.469 e. The SMILES string of the molecule is COC(=O)C1CCCN(Cc2c(F)ccc(Br)c2F)C1. The summed E-state index contributed by atoms with van der Waals surface area (Å²) in [5, 5.41) is 0. The lowest BCUT2D eigenvalue weighted by Crippen LogP contribution is -2.39. The van der Waals surface area contributed by atoms with Gasteiger partial charge in [-0.15, -0.1) is 0 Å². The second-order valence-electron chi connectivity index (χ2n) is 4.92. The Morgan fingerprint density at radius 3 is 2.95 bits per heavy atom. The summed E-state index contributed by atoms with van der Waals surface area (Å²) in [5.41, 5.74) is 0.0323. The summed E-state index contributed by atoms with van der Waals surface area (Å²) in [6.45, 7) is 1.35. The third-order valence-electron chi connectivity index (χ3n) is 3.56. The van der Waals surface area contributed by atoms with E-state index in [9.17, 15) is 13.6 Å². The van der Waals surface area contributed by atoms with Crippen LogP contribution in [-0.4, -0.2) is 31.1 Å². The average molecular weight is 348 g/mol. The third-order valence-corrected chi connectivity index (χ3v) is 4.17. The molecule has 1 unspecified atom stereocenters. The fourth-order valence-electron chi connectivity index (χ4n) is 2.50. The number of likely N-dealkylation sites (tertiary alicyclic amines) is 1. The van der Waals surface area contributed by atoms with Gasteiger partial charge in [-0.05, 0) is 47.4 Å². The fraction of sp³-hybridized carbons (Fsp3) is 0.500. The molecule has 1 saturated heterocycles. The van der Waals surface area contributed by atoms with E-state index in [1.807, 2.05) is 4.90 Å². The van der Waals surface area contributed by atoms with Crippen molar-refractivity contribution in [3.63, 3.8) is 0 Å². The van der Waals surface area contributed by atoms with E-state index in [4.69, 9.17) is 4.74 Å². The minimum Gasteiger partial charge on any atom is -0.469 e. The summed E-state index contributed by atoms with van der Waals surface area (Å²) >= 11 is 3.06. The van der Waals surface area contributed by atoms with E-state index in [-0.39, 0.29) is 28.5 Å². The van der Waals surface area contributed by atoms with E-state index in [1.54, 1.807) is 0 Å². The van der Waals surface area contributed by atoms with Crippen molar-refractivity contribution in [3.05, 3.63) is 33.8 Å². The molecule has 1 atom stereocenters. The van der Waals surface area contributed by atoms with Gasteiger partial charge in [-0.2, -0.15) is 0 Å². The van der Waals surface area contributed by atoms with Crippen molar-refractivity contribution in [2.45, 2.75) is 19.4 Å². The summed E-state index contributed by atoms with van der Waals surface area (Å²) < 4.78 is 32.6. The van der Waals surface area contributed by atoms with Crippen LogP contribution in [0.3, 0.4) is 0 Å². The number of ether oxygens (including phenoxy) is 1. The van der Waals surface area contributed by atoms with Gasteiger partial charge in [-0.3, -0.25) is 9.69 Å². The van der Waals surface area contributed by atoms with E-state index in [1.165, 1.54) is 19.2 Å². The summed E-state index contributed by atoms with van der Waals surface area (Å²) in [6.07, 6.45) is 1.57. The highest BCUT2D eigenvalue weighted by Gasteiger charge is 2.27. The molecule has 1 aromatic carbocycles. The molecule has 1 fully saturated rings. The van der Waals surface area contributed by atoms with Crippen LogP contribution >= 0.6 is 15.9 Å². The molecular weight excluding hydrogens is 332 g/mol. The lowest BCUT2D eigenvalue weighted by Gasteiger charge is -2.31. The van der Waals surface area contributed by atoms with E-state index < -0.39 is 11.6 Å². The lowest BCUT2D eigenvalue weighted by molar-refractivity contribution is -0.147. The predicted molar refractivity (Wildman–Crippen MR) is 74.1 cm³/mol. The van der Waals surface area contributed by atoms with Gasteiger partial charge < -0.3 is 4.74 Å². The van der Waals surface area contributed by atoms with Crippen LogP contribution in [0.2, 0.25) is 0 Å². The van der Waals surface area contributed by atoms with Gasteiger partial charge in [0.1, 0.15) is 11.6 Å². The summed E-state index contributed by atoms with van der Waals surface area (Å²) in [4.78, 5) is 13.4. The molecule has 1 heterocycles. The van der Waals surface area contributed by atoms with Crippen LogP contribution in [0, 0.1) is 17.6 Å². The zero-order valence-electron chi connectivity index (χ0n) is 11.2. The summed E-state index contributed by atoms with van der Waals surface area (Å²) in [6, 6.07) is 2.59. The zero-order chi connectivity index (χ0) is 14.7. The van der Waals surface area contributed by atoms with E-state index >= 15 is 0 Å². The molecule has 0 radical (unpaired) electrons. The van der Waals surface area contributed by atoms with Crippen molar-refractivity contribution in [2.24, 2.45) is 5.92 Å². The quantitative estimate of drug-likeness (QED) is 0.621. The first-order valence-corrected chi connectivity index (χ1v) is 7.24. The number of methoxy groups -OCH3 is 1. The second-order valence-corrected chi connectivity index (χ2v) is 5.77. The van der Waals surface area contributed by atoms with Crippen molar-refractivity contribution >= 4 is 21.9 Å². The van der Waals surface area contributed by atoms with Crippen molar-refractivity contribution in [1.29, 1.82) is 0 Å². The molecule has 0 bridgehead atoms. The predicted octanol–water partition coefficient (Wildman–Crippen LogP) is 3.11. The third kappa shape index (κ3) is 3.35. The van der Waals surface area contributed by atoms with Gasteiger partial charge in [-0.1, -0.05) is 0 Å². The highest BCUT2D eigenvalue weighted by atomic mass is 79.9. The molecule has 0 spiro atoms. The molecule has 1 aromatic rings. The van der Waals surface area contributed by atoms with Gasteiger partial charge >= 0.3 is 5.97 Å². The number of carbonyl (C=O) groups excluding carboxylic acids is 1. The average Bonchev–Trinajstić information content (AvgIpc) is 2.47. The van der Waals surface area contributed by atoms with Gasteiger partial charge in [0.15, 0.2) is 0 Å². The second kappa shape index (κ2) is 6.63. The number of hydrogen-bond acceptors (Lipinski definition) is 3. The molecule has 110 valence electrons. The first-order valence-electron chi connectivity index (χ1n) is 6.45. The molecule has 1 aliphatic rings. The molecule has 0 N–H and O–H groups in total. The maximum absolute atomic E-state index is 13.9. The van der Waals surface area contributed by atoms with Crippen LogP contribution in [0.5, 0.6) is 0 Å². The molecule has 3 nitrogen and oxygen atoms in total. The highest BCUT2D eigenvalue weighted by molar-refractivity contribution is 9.10. The number of rotatable bonds is 3. The Morgan fingerprint density at radius 1 is 1.50 bits per heavy atom. The minimum atomic E-state index is -0.579. The van der Waals surface area contributed by atoms with Gasteiger partial charge in [0.05, 0.1) is 17.5 Å². The molecule has 2 rings (SSSR count). The Labute approximate surface area is 125 Å². The Hall–Kier alpha value is -1.01. The van der Waals surface area contributed by atoms with E-state index in [0.717, 1.165) is 19.4 Å². The zero-order valence-corrected chi connectivity index (χ0v) is 12.8. The van der Waals surface area contributed by atoms with Crippen LogP contribution < -0.4 is 0 Å². The molecule has 0 aliphatic carbocycles. The fourth-order valence-corrected chi connectivity index (χ4v) is 2.87. The number of nitrogens with zero attached hydrogens (tertiary/aromatic N) is 1. The molecule has 6 heteroatoms. The summed E-state index contributed by atoms with van der Waals surface area (Å²) in [5.74, 6) is -1.62. The molecular formula is C14H16BrF2NO2. The number of carbonyl (C=O) groups is 1. The maximum atomic E-state index is 13.9. The summed E-state index contributed by atoms with van der Waals surface area (Å²) in [7, 11) is 1.36. The number of benzene rings is 1. The standard InChI is InChI=1S/C14H16BrF2NO2/c1-20-14(19)9-3-2-6-18(7-9)8-10-12(16)5-4-11(15)13(10)17/h4-5,9H,2-3,6-8H2,1H3. The molecule has 0 amide bonds. The van der Waals surface area contributed by atoms with Crippen LogP contribution in [0.25, 0.3) is 0 Å². The number of halogens is 3. The Kier molecular flexibility index (Phi) is 5.10. The van der Waals surface area contributed by atoms with Crippen molar-refractivity contribution in [2.75, 3.05) is 20.2 Å². The van der Waals surface area contributed by atoms with E-state index in [0.29, 0.717) is 6.54 Å². The van der Waals surface area contributed by atoms with Crippen molar-refractivity contribution in [1.82, 2.24) is 4.90 Å². The molecule has 1 aliphatic heterocycles. The number of piperidine rings is 1. The highest BCUT2D eigenvalue weighted by Crippen LogP contribution is 2.25. The first-order chi connectivity index (χ1) is 9.52. The normalized spacial score (nSPS) is 19.9. The number of esters is 1. The van der Waals surface area contributed by atoms with Crippen LogP contribution in [-0.2, 0) is 16.1 Å². The Balaban J connectivity index is 2.10. The molecule has 0 saturated carbocycles. The van der Waals surface area contributed by atoms with E-state index in [2.05, 4.69) is 15.9 Å². The Bertz CT molecular complexity index is 510. The molecule has 0 aromatic heterocycles. The smallest absolute Gasteiger partial charge is 0.309 e. The van der Waals surface area contributed by atoms with Gasteiger partial charge in [0.25, 0.3) is 0 Å².